The van der Waals surface area contributed by atoms with Crippen LogP contribution in [0.2, 0.25) is 0 Å². The van der Waals surface area contributed by atoms with Gasteiger partial charge in [0, 0.05) is 20.2 Å². The van der Waals surface area contributed by atoms with Crippen molar-refractivity contribution in [3.8, 4) is 0 Å². The van der Waals surface area contributed by atoms with Crippen LogP contribution in [-0.4, -0.2) is 37.1 Å². The molecule has 2 rings (SSSR count). The van der Waals surface area contributed by atoms with Crippen LogP contribution in [0.5, 0.6) is 0 Å². The van der Waals surface area contributed by atoms with Crippen molar-refractivity contribution in [2.45, 2.75) is 58.0 Å². The molecule has 1 heterocycles. The molecule has 3 nitrogen and oxygen atoms in total. The highest BCUT2D eigenvalue weighted by Gasteiger charge is 2.37. The molecule has 3 heteroatoms. The van der Waals surface area contributed by atoms with E-state index in [-0.39, 0.29) is 12.0 Å². The van der Waals surface area contributed by atoms with Gasteiger partial charge in [-0.2, -0.15) is 0 Å². The lowest BCUT2D eigenvalue weighted by Crippen LogP contribution is -2.47. The zero-order valence-electron chi connectivity index (χ0n) is 11.2. The van der Waals surface area contributed by atoms with Crippen molar-refractivity contribution in [3.63, 3.8) is 0 Å². The predicted octanol–water partition coefficient (Wildman–Crippen LogP) is 2.59. The summed E-state index contributed by atoms with van der Waals surface area (Å²) in [6, 6.07) is 0. The molecular formula is C14H25NO2. The molecule has 1 spiro atoms. The highest BCUT2D eigenvalue weighted by Crippen LogP contribution is 2.44. The summed E-state index contributed by atoms with van der Waals surface area (Å²) < 4.78 is 5.11. The number of amides is 1. The maximum atomic E-state index is 12.0. The smallest absolute Gasteiger partial charge is 0.251 e. The number of piperidine rings is 1. The molecule has 1 aliphatic carbocycles. The van der Waals surface area contributed by atoms with Gasteiger partial charge in [0.05, 0.1) is 0 Å². The van der Waals surface area contributed by atoms with Gasteiger partial charge in [0.1, 0.15) is 6.10 Å². The van der Waals surface area contributed by atoms with E-state index in [0.29, 0.717) is 5.41 Å². The number of carbonyl (C=O) groups excluding carboxylic acids is 1. The first-order valence-corrected chi connectivity index (χ1v) is 6.98. The van der Waals surface area contributed by atoms with Crippen molar-refractivity contribution in [2.24, 2.45) is 5.41 Å². The van der Waals surface area contributed by atoms with Crippen molar-refractivity contribution in [2.75, 3.05) is 20.2 Å². The molecule has 0 aromatic heterocycles. The summed E-state index contributed by atoms with van der Waals surface area (Å²) in [6.45, 7) is 3.71. The Bertz CT molecular complexity index is 261. The first-order chi connectivity index (χ1) is 8.17. The molecule has 0 aromatic carbocycles. The Labute approximate surface area is 105 Å². The first kappa shape index (κ1) is 12.9. The third-order valence-electron chi connectivity index (χ3n) is 4.75. The molecule has 17 heavy (non-hydrogen) atoms. The van der Waals surface area contributed by atoms with Crippen LogP contribution >= 0.6 is 0 Å². The van der Waals surface area contributed by atoms with E-state index in [9.17, 15) is 4.79 Å². The second-order valence-corrected chi connectivity index (χ2v) is 5.76. The summed E-state index contributed by atoms with van der Waals surface area (Å²) in [5, 5.41) is 0. The van der Waals surface area contributed by atoms with Crippen LogP contribution in [0.25, 0.3) is 0 Å². The second-order valence-electron chi connectivity index (χ2n) is 5.76. The maximum absolute atomic E-state index is 12.0. The number of hydrogen-bond donors (Lipinski definition) is 0. The fraction of sp³-hybridized carbons (Fsp3) is 0.929. The maximum Gasteiger partial charge on any atom is 0.251 e. The number of carbonyl (C=O) groups is 1. The van der Waals surface area contributed by atoms with Gasteiger partial charge in [0.15, 0.2) is 0 Å². The molecule has 1 saturated carbocycles. The highest BCUT2D eigenvalue weighted by atomic mass is 16.5. The molecule has 1 unspecified atom stereocenters. The van der Waals surface area contributed by atoms with Gasteiger partial charge in [-0.05, 0) is 38.0 Å². The van der Waals surface area contributed by atoms with Gasteiger partial charge in [0.2, 0.25) is 0 Å². The zero-order valence-corrected chi connectivity index (χ0v) is 11.2. The van der Waals surface area contributed by atoms with Crippen LogP contribution in [0.1, 0.15) is 51.9 Å². The number of rotatable bonds is 2. The second kappa shape index (κ2) is 5.38. The van der Waals surface area contributed by atoms with E-state index in [1.165, 1.54) is 44.9 Å². The Hall–Kier alpha value is -0.570. The van der Waals surface area contributed by atoms with Crippen LogP contribution in [0.15, 0.2) is 0 Å². The molecule has 1 amide bonds. The van der Waals surface area contributed by atoms with E-state index in [2.05, 4.69) is 0 Å². The molecule has 2 fully saturated rings. The Balaban J connectivity index is 1.87. The number of likely N-dealkylation sites (tertiary alicyclic amines) is 1. The number of hydrogen-bond acceptors (Lipinski definition) is 2. The molecule has 1 atom stereocenters. The lowest BCUT2D eigenvalue weighted by molar-refractivity contribution is -0.143. The van der Waals surface area contributed by atoms with Crippen LogP contribution in [0.3, 0.4) is 0 Å². The van der Waals surface area contributed by atoms with Gasteiger partial charge in [-0.3, -0.25) is 4.79 Å². The van der Waals surface area contributed by atoms with E-state index in [1.54, 1.807) is 7.11 Å². The fourth-order valence-electron chi connectivity index (χ4n) is 3.36. The minimum Gasteiger partial charge on any atom is -0.372 e. The molecule has 0 bridgehead atoms. The minimum atomic E-state index is -0.282. The third-order valence-corrected chi connectivity index (χ3v) is 4.75. The van der Waals surface area contributed by atoms with E-state index in [0.717, 1.165) is 13.1 Å². The number of nitrogens with zero attached hydrogens (tertiary/aromatic N) is 1. The van der Waals surface area contributed by atoms with E-state index in [4.69, 9.17) is 4.74 Å². The molecule has 2 aliphatic rings. The topological polar surface area (TPSA) is 29.5 Å². The molecule has 1 aliphatic heterocycles. The van der Waals surface area contributed by atoms with E-state index in [1.807, 2.05) is 11.8 Å². The summed E-state index contributed by atoms with van der Waals surface area (Å²) in [4.78, 5) is 14.0. The lowest BCUT2D eigenvalue weighted by atomic mass is 9.68. The van der Waals surface area contributed by atoms with Gasteiger partial charge < -0.3 is 9.64 Å². The summed E-state index contributed by atoms with van der Waals surface area (Å²) in [5.74, 6) is 0.165. The quantitative estimate of drug-likeness (QED) is 0.741. The molecule has 0 N–H and O–H groups in total. The average molecular weight is 239 g/mol. The van der Waals surface area contributed by atoms with Gasteiger partial charge in [-0.1, -0.05) is 19.3 Å². The molecule has 98 valence electrons. The van der Waals surface area contributed by atoms with E-state index >= 15 is 0 Å². The van der Waals surface area contributed by atoms with Crippen LogP contribution in [0, 0.1) is 5.41 Å². The minimum absolute atomic E-state index is 0.165. The van der Waals surface area contributed by atoms with Crippen molar-refractivity contribution in [1.82, 2.24) is 4.90 Å². The largest absolute Gasteiger partial charge is 0.372 e. The standard InChI is InChI=1S/C14H25NO2/c1-12(17-2)13(16)15-10-8-14(9-11-15)6-4-3-5-7-14/h12H,3-11H2,1-2H3. The lowest BCUT2D eigenvalue weighted by Gasteiger charge is -2.44. The van der Waals surface area contributed by atoms with Crippen LogP contribution in [0.4, 0.5) is 0 Å². The van der Waals surface area contributed by atoms with Crippen molar-refractivity contribution < 1.29 is 9.53 Å². The van der Waals surface area contributed by atoms with Crippen molar-refractivity contribution >= 4 is 5.91 Å². The zero-order chi connectivity index (χ0) is 12.3. The summed E-state index contributed by atoms with van der Waals surface area (Å²) in [5.41, 5.74) is 0.575. The van der Waals surface area contributed by atoms with Gasteiger partial charge >= 0.3 is 0 Å². The average Bonchev–Trinajstić information content (AvgIpc) is 2.39. The fourth-order valence-corrected chi connectivity index (χ4v) is 3.36. The molecular weight excluding hydrogens is 214 g/mol. The Morgan fingerprint density at radius 2 is 1.71 bits per heavy atom. The Morgan fingerprint density at radius 3 is 2.24 bits per heavy atom. The van der Waals surface area contributed by atoms with E-state index < -0.39 is 0 Å². The predicted molar refractivity (Wildman–Crippen MR) is 67.8 cm³/mol. The summed E-state index contributed by atoms with van der Waals surface area (Å²) in [7, 11) is 1.61. The summed E-state index contributed by atoms with van der Waals surface area (Å²) >= 11 is 0. The van der Waals surface area contributed by atoms with Gasteiger partial charge in [-0.25, -0.2) is 0 Å². The Morgan fingerprint density at radius 1 is 1.12 bits per heavy atom. The van der Waals surface area contributed by atoms with Gasteiger partial charge in [-0.15, -0.1) is 0 Å². The van der Waals surface area contributed by atoms with Crippen molar-refractivity contribution in [1.29, 1.82) is 0 Å². The van der Waals surface area contributed by atoms with Crippen molar-refractivity contribution in [3.05, 3.63) is 0 Å². The van der Waals surface area contributed by atoms with Gasteiger partial charge in [0.25, 0.3) is 5.91 Å². The Kier molecular flexibility index (Phi) is 4.08. The SMILES string of the molecule is COC(C)C(=O)N1CCC2(CCCCC2)CC1. The molecule has 0 radical (unpaired) electrons. The first-order valence-electron chi connectivity index (χ1n) is 6.98. The molecule has 0 aromatic rings. The van der Waals surface area contributed by atoms with Crippen LogP contribution < -0.4 is 0 Å². The van der Waals surface area contributed by atoms with Crippen LogP contribution in [-0.2, 0) is 9.53 Å². The summed E-state index contributed by atoms with van der Waals surface area (Å²) in [6.07, 6.45) is 9.08. The third kappa shape index (κ3) is 2.82. The number of ether oxygens (including phenoxy) is 1. The normalized spacial score (nSPS) is 25.9. The highest BCUT2D eigenvalue weighted by molar-refractivity contribution is 5.80. The monoisotopic (exact) mass is 239 g/mol. The number of methoxy groups -OCH3 is 1. The molecule has 1 saturated heterocycles.